The van der Waals surface area contributed by atoms with Crippen molar-refractivity contribution in [2.45, 2.75) is 46.7 Å². The standard InChI is InChI=1S/C15H23NO2/c1-10-7-11(2)13(12(3)8-10)9-16-15(4,5)14(17)18-6/h7-8,16H,9H2,1-6H3. The fourth-order valence-electron chi connectivity index (χ4n) is 2.13. The summed E-state index contributed by atoms with van der Waals surface area (Å²) in [6.45, 7) is 10.6. The van der Waals surface area contributed by atoms with E-state index in [1.807, 2.05) is 13.8 Å². The number of benzene rings is 1. The van der Waals surface area contributed by atoms with Crippen LogP contribution in [0.4, 0.5) is 0 Å². The first kappa shape index (κ1) is 14.7. The highest BCUT2D eigenvalue weighted by Gasteiger charge is 2.27. The Balaban J connectivity index is 2.84. The van der Waals surface area contributed by atoms with E-state index in [0.29, 0.717) is 6.54 Å². The van der Waals surface area contributed by atoms with E-state index in [-0.39, 0.29) is 5.97 Å². The zero-order valence-electron chi connectivity index (χ0n) is 12.2. The average Bonchev–Trinajstić information content (AvgIpc) is 2.26. The molecule has 1 rings (SSSR count). The highest BCUT2D eigenvalue weighted by atomic mass is 16.5. The molecule has 0 fully saturated rings. The molecule has 0 bridgehead atoms. The van der Waals surface area contributed by atoms with E-state index < -0.39 is 5.54 Å². The molecule has 0 heterocycles. The summed E-state index contributed by atoms with van der Waals surface area (Å²) in [5.41, 5.74) is 4.35. The van der Waals surface area contributed by atoms with Crippen molar-refractivity contribution in [3.8, 4) is 0 Å². The number of esters is 1. The lowest BCUT2D eigenvalue weighted by Crippen LogP contribution is -2.47. The van der Waals surface area contributed by atoms with Crippen LogP contribution in [0.5, 0.6) is 0 Å². The van der Waals surface area contributed by atoms with Crippen molar-refractivity contribution in [1.82, 2.24) is 5.32 Å². The Labute approximate surface area is 110 Å². The van der Waals surface area contributed by atoms with Gasteiger partial charge in [-0.3, -0.25) is 10.1 Å². The normalized spacial score (nSPS) is 11.4. The molecule has 0 aliphatic rings. The van der Waals surface area contributed by atoms with E-state index in [0.717, 1.165) is 0 Å². The van der Waals surface area contributed by atoms with Crippen LogP contribution in [0.25, 0.3) is 0 Å². The van der Waals surface area contributed by atoms with Gasteiger partial charge in [0.25, 0.3) is 0 Å². The SMILES string of the molecule is COC(=O)C(C)(C)NCc1c(C)cc(C)cc1C. The van der Waals surface area contributed by atoms with Gasteiger partial charge in [0.15, 0.2) is 0 Å². The largest absolute Gasteiger partial charge is 0.468 e. The van der Waals surface area contributed by atoms with E-state index in [2.05, 4.69) is 38.2 Å². The number of ether oxygens (including phenoxy) is 1. The van der Waals surface area contributed by atoms with Crippen LogP contribution in [0, 0.1) is 20.8 Å². The molecular weight excluding hydrogens is 226 g/mol. The van der Waals surface area contributed by atoms with Gasteiger partial charge in [0.1, 0.15) is 5.54 Å². The number of methoxy groups -OCH3 is 1. The van der Waals surface area contributed by atoms with E-state index in [1.54, 1.807) is 0 Å². The minimum Gasteiger partial charge on any atom is -0.468 e. The van der Waals surface area contributed by atoms with E-state index in [9.17, 15) is 4.79 Å². The van der Waals surface area contributed by atoms with Gasteiger partial charge in [-0.1, -0.05) is 17.7 Å². The van der Waals surface area contributed by atoms with Gasteiger partial charge in [0.05, 0.1) is 7.11 Å². The second-order valence-electron chi connectivity index (χ2n) is 5.35. The summed E-state index contributed by atoms with van der Waals surface area (Å²) in [6, 6.07) is 4.32. The first-order valence-electron chi connectivity index (χ1n) is 6.18. The predicted octanol–water partition coefficient (Wildman–Crippen LogP) is 2.65. The molecule has 0 spiro atoms. The lowest BCUT2D eigenvalue weighted by Gasteiger charge is -2.24. The summed E-state index contributed by atoms with van der Waals surface area (Å²) in [5.74, 6) is -0.245. The van der Waals surface area contributed by atoms with Crippen LogP contribution in [0.1, 0.15) is 36.1 Å². The van der Waals surface area contributed by atoms with Crippen molar-refractivity contribution in [2.75, 3.05) is 7.11 Å². The summed E-state index contributed by atoms with van der Waals surface area (Å²) >= 11 is 0. The third-order valence-electron chi connectivity index (χ3n) is 3.24. The maximum Gasteiger partial charge on any atom is 0.325 e. The number of nitrogens with one attached hydrogen (secondary N) is 1. The van der Waals surface area contributed by atoms with Gasteiger partial charge in [-0.25, -0.2) is 0 Å². The first-order chi connectivity index (χ1) is 8.27. The second kappa shape index (κ2) is 5.53. The third kappa shape index (κ3) is 3.33. The number of aryl methyl sites for hydroxylation is 3. The summed E-state index contributed by atoms with van der Waals surface area (Å²) in [5, 5.41) is 3.25. The molecule has 0 aliphatic carbocycles. The molecule has 0 atom stereocenters. The van der Waals surface area contributed by atoms with Gasteiger partial charge in [-0.15, -0.1) is 0 Å². The monoisotopic (exact) mass is 249 g/mol. The maximum absolute atomic E-state index is 11.6. The van der Waals surface area contributed by atoms with Gasteiger partial charge in [-0.2, -0.15) is 0 Å². The number of hydrogen-bond donors (Lipinski definition) is 1. The van der Waals surface area contributed by atoms with Crippen molar-refractivity contribution >= 4 is 5.97 Å². The molecule has 0 aromatic heterocycles. The molecule has 1 aromatic carbocycles. The quantitative estimate of drug-likeness (QED) is 0.834. The molecule has 3 heteroatoms. The zero-order valence-corrected chi connectivity index (χ0v) is 12.2. The van der Waals surface area contributed by atoms with Crippen LogP contribution >= 0.6 is 0 Å². The molecule has 1 aromatic rings. The Morgan fingerprint density at radius 3 is 2.17 bits per heavy atom. The highest BCUT2D eigenvalue weighted by Crippen LogP contribution is 2.17. The Bertz CT molecular complexity index is 427. The Morgan fingerprint density at radius 1 is 1.22 bits per heavy atom. The lowest BCUT2D eigenvalue weighted by atomic mass is 9.98. The third-order valence-corrected chi connectivity index (χ3v) is 3.24. The molecule has 0 radical (unpaired) electrons. The topological polar surface area (TPSA) is 38.3 Å². The van der Waals surface area contributed by atoms with Gasteiger partial charge in [0, 0.05) is 6.54 Å². The molecule has 3 nitrogen and oxygen atoms in total. The smallest absolute Gasteiger partial charge is 0.325 e. The maximum atomic E-state index is 11.6. The minimum atomic E-state index is -0.668. The van der Waals surface area contributed by atoms with Crippen molar-refractivity contribution in [3.05, 3.63) is 34.4 Å². The Kier molecular flexibility index (Phi) is 4.52. The van der Waals surface area contributed by atoms with Crippen LogP contribution in [0.15, 0.2) is 12.1 Å². The molecule has 1 N–H and O–H groups in total. The fourth-order valence-corrected chi connectivity index (χ4v) is 2.13. The summed E-state index contributed by atoms with van der Waals surface area (Å²) < 4.78 is 4.78. The molecule has 100 valence electrons. The van der Waals surface area contributed by atoms with Crippen molar-refractivity contribution in [1.29, 1.82) is 0 Å². The van der Waals surface area contributed by atoms with Gasteiger partial charge in [-0.05, 0) is 51.3 Å². The zero-order chi connectivity index (χ0) is 13.9. The molecule has 18 heavy (non-hydrogen) atoms. The number of rotatable bonds is 4. The fraction of sp³-hybridized carbons (Fsp3) is 0.533. The van der Waals surface area contributed by atoms with Crippen LogP contribution in [0.3, 0.4) is 0 Å². The molecule has 0 unspecified atom stereocenters. The second-order valence-corrected chi connectivity index (χ2v) is 5.35. The molecular formula is C15H23NO2. The van der Waals surface area contributed by atoms with Crippen LogP contribution in [0.2, 0.25) is 0 Å². The molecule has 0 aliphatic heterocycles. The Morgan fingerprint density at radius 2 is 1.72 bits per heavy atom. The Hall–Kier alpha value is -1.35. The number of carbonyl (C=O) groups is 1. The predicted molar refractivity (Wildman–Crippen MR) is 73.6 cm³/mol. The van der Waals surface area contributed by atoms with Gasteiger partial charge >= 0.3 is 5.97 Å². The summed E-state index contributed by atoms with van der Waals surface area (Å²) in [4.78, 5) is 11.6. The lowest BCUT2D eigenvalue weighted by molar-refractivity contribution is -0.147. The summed E-state index contributed by atoms with van der Waals surface area (Å²) in [6.07, 6.45) is 0. The number of hydrogen-bond acceptors (Lipinski definition) is 3. The van der Waals surface area contributed by atoms with E-state index in [1.165, 1.54) is 29.4 Å². The van der Waals surface area contributed by atoms with E-state index >= 15 is 0 Å². The van der Waals surface area contributed by atoms with Crippen molar-refractivity contribution < 1.29 is 9.53 Å². The number of carbonyl (C=O) groups excluding carboxylic acids is 1. The molecule has 0 amide bonds. The first-order valence-corrected chi connectivity index (χ1v) is 6.18. The molecule has 0 saturated carbocycles. The van der Waals surface area contributed by atoms with Crippen LogP contribution in [-0.2, 0) is 16.1 Å². The summed E-state index contributed by atoms with van der Waals surface area (Å²) in [7, 11) is 1.41. The van der Waals surface area contributed by atoms with Crippen LogP contribution < -0.4 is 5.32 Å². The van der Waals surface area contributed by atoms with Crippen molar-refractivity contribution in [2.24, 2.45) is 0 Å². The van der Waals surface area contributed by atoms with E-state index in [4.69, 9.17) is 4.74 Å². The minimum absolute atomic E-state index is 0.245. The highest BCUT2D eigenvalue weighted by molar-refractivity contribution is 5.79. The van der Waals surface area contributed by atoms with Gasteiger partial charge < -0.3 is 4.74 Å². The van der Waals surface area contributed by atoms with Gasteiger partial charge in [0.2, 0.25) is 0 Å². The van der Waals surface area contributed by atoms with Crippen LogP contribution in [-0.4, -0.2) is 18.6 Å². The molecule has 0 saturated heterocycles. The average molecular weight is 249 g/mol. The van der Waals surface area contributed by atoms with Crippen molar-refractivity contribution in [3.63, 3.8) is 0 Å².